The summed E-state index contributed by atoms with van der Waals surface area (Å²) in [7, 11) is 0. The van der Waals surface area contributed by atoms with Crippen LogP contribution in [0.3, 0.4) is 0 Å². The second kappa shape index (κ2) is 10.6. The number of nitrogens with zero attached hydrogens (tertiary/aromatic N) is 1. The topological polar surface area (TPSA) is 79.8 Å². The maximum Gasteiger partial charge on any atom is 0.240 e. The summed E-state index contributed by atoms with van der Waals surface area (Å²) in [6, 6.07) is 10.9. The van der Waals surface area contributed by atoms with Crippen LogP contribution < -0.4 is 15.5 Å². The molecule has 0 spiro atoms. The number of benzene rings is 2. The molecule has 2 aromatic rings. The Morgan fingerprint density at radius 3 is 2.59 bits per heavy atom. The summed E-state index contributed by atoms with van der Waals surface area (Å²) in [6.45, 7) is 7.76. The highest BCUT2D eigenvalue weighted by Gasteiger charge is 2.09. The van der Waals surface area contributed by atoms with Gasteiger partial charge in [0.2, 0.25) is 11.8 Å². The van der Waals surface area contributed by atoms with E-state index in [-0.39, 0.29) is 30.8 Å². The van der Waals surface area contributed by atoms with E-state index < -0.39 is 0 Å². The number of hydrogen-bond donors (Lipinski definition) is 2. The average Bonchev–Trinajstić information content (AvgIpc) is 2.65. The van der Waals surface area contributed by atoms with Crippen LogP contribution in [-0.2, 0) is 9.59 Å². The van der Waals surface area contributed by atoms with Gasteiger partial charge in [-0.15, -0.1) is 0 Å². The highest BCUT2D eigenvalue weighted by molar-refractivity contribution is 6.30. The molecule has 2 rings (SSSR count). The lowest BCUT2D eigenvalue weighted by Gasteiger charge is -2.12. The summed E-state index contributed by atoms with van der Waals surface area (Å²) in [5.74, 6) is 0.0429. The normalized spacial score (nSPS) is 11.0. The molecule has 0 unspecified atom stereocenters. The SMILES string of the molecule is Cc1cccc(NC(=O)CCC(=O)NN=Cc2cc(Cl)ccc2OC(C)C)c1C. The lowest BCUT2D eigenvalue weighted by Crippen LogP contribution is -2.21. The Morgan fingerprint density at radius 2 is 1.86 bits per heavy atom. The van der Waals surface area contributed by atoms with Crippen LogP contribution in [0.4, 0.5) is 5.69 Å². The summed E-state index contributed by atoms with van der Waals surface area (Å²) in [4.78, 5) is 24.1. The van der Waals surface area contributed by atoms with E-state index in [2.05, 4.69) is 15.8 Å². The Bertz CT molecular complexity index is 910. The van der Waals surface area contributed by atoms with Gasteiger partial charge in [-0.25, -0.2) is 5.43 Å². The van der Waals surface area contributed by atoms with Crippen molar-refractivity contribution >= 4 is 35.3 Å². The van der Waals surface area contributed by atoms with E-state index in [0.717, 1.165) is 16.8 Å². The molecule has 6 nitrogen and oxygen atoms in total. The average molecular weight is 416 g/mol. The molecule has 154 valence electrons. The zero-order valence-electron chi connectivity index (χ0n) is 17.1. The number of hydrazone groups is 1. The van der Waals surface area contributed by atoms with E-state index >= 15 is 0 Å². The Morgan fingerprint density at radius 1 is 1.14 bits per heavy atom. The molecule has 0 fully saturated rings. The van der Waals surface area contributed by atoms with Gasteiger partial charge in [0.05, 0.1) is 12.3 Å². The first-order valence-corrected chi connectivity index (χ1v) is 9.78. The highest BCUT2D eigenvalue weighted by Crippen LogP contribution is 2.22. The third kappa shape index (κ3) is 7.23. The van der Waals surface area contributed by atoms with Crippen LogP contribution in [0.2, 0.25) is 5.02 Å². The summed E-state index contributed by atoms with van der Waals surface area (Å²) < 4.78 is 5.70. The van der Waals surface area contributed by atoms with Crippen LogP contribution >= 0.6 is 11.6 Å². The molecule has 0 saturated carbocycles. The zero-order chi connectivity index (χ0) is 21.4. The summed E-state index contributed by atoms with van der Waals surface area (Å²) >= 11 is 6.02. The number of hydrogen-bond acceptors (Lipinski definition) is 4. The Kier molecular flexibility index (Phi) is 8.21. The summed E-state index contributed by atoms with van der Waals surface area (Å²) in [5, 5.41) is 7.31. The minimum absolute atomic E-state index is 0.00605. The van der Waals surface area contributed by atoms with Crippen molar-refractivity contribution in [3.63, 3.8) is 0 Å². The van der Waals surface area contributed by atoms with E-state index in [1.54, 1.807) is 18.2 Å². The molecule has 29 heavy (non-hydrogen) atoms. The lowest BCUT2D eigenvalue weighted by atomic mass is 10.1. The molecule has 0 aliphatic heterocycles. The monoisotopic (exact) mass is 415 g/mol. The zero-order valence-corrected chi connectivity index (χ0v) is 17.8. The Balaban J connectivity index is 1.86. The molecule has 0 aromatic heterocycles. The number of amides is 2. The molecule has 2 amide bonds. The fraction of sp³-hybridized carbons (Fsp3) is 0.318. The van der Waals surface area contributed by atoms with Gasteiger partial charge in [-0.1, -0.05) is 23.7 Å². The molecule has 0 atom stereocenters. The van der Waals surface area contributed by atoms with Crippen molar-refractivity contribution in [3.05, 3.63) is 58.1 Å². The van der Waals surface area contributed by atoms with Crippen LogP contribution in [-0.4, -0.2) is 24.1 Å². The van der Waals surface area contributed by atoms with Crippen LogP contribution in [0.25, 0.3) is 0 Å². The quantitative estimate of drug-likeness (QED) is 0.488. The minimum atomic E-state index is -0.356. The van der Waals surface area contributed by atoms with Crippen LogP contribution in [0.15, 0.2) is 41.5 Å². The van der Waals surface area contributed by atoms with Gasteiger partial charge in [-0.3, -0.25) is 9.59 Å². The molecule has 2 aromatic carbocycles. The maximum atomic E-state index is 12.1. The molecule has 0 aliphatic rings. The predicted octanol–water partition coefficient (Wildman–Crippen LogP) is 4.61. The molecule has 0 radical (unpaired) electrons. The largest absolute Gasteiger partial charge is 0.490 e. The number of halogens is 1. The van der Waals surface area contributed by atoms with E-state index in [0.29, 0.717) is 16.3 Å². The van der Waals surface area contributed by atoms with Crippen LogP contribution in [0.5, 0.6) is 5.75 Å². The number of anilines is 1. The van der Waals surface area contributed by atoms with Crippen molar-refractivity contribution in [3.8, 4) is 5.75 Å². The molecule has 0 aliphatic carbocycles. The number of rotatable bonds is 8. The smallest absolute Gasteiger partial charge is 0.240 e. The molecule has 0 bridgehead atoms. The lowest BCUT2D eigenvalue weighted by molar-refractivity contribution is -0.124. The van der Waals surface area contributed by atoms with E-state index in [1.165, 1.54) is 6.21 Å². The van der Waals surface area contributed by atoms with Crippen molar-refractivity contribution in [1.82, 2.24) is 5.43 Å². The third-order valence-corrected chi connectivity index (χ3v) is 4.42. The Hall–Kier alpha value is -2.86. The standard InChI is InChI=1S/C22H26ClN3O3/c1-14(2)29-20-9-8-18(23)12-17(20)13-24-26-22(28)11-10-21(27)25-19-7-5-6-15(3)16(19)4/h5-9,12-14H,10-11H2,1-4H3,(H,25,27)(H,26,28). The first-order chi connectivity index (χ1) is 13.8. The van der Waals surface area contributed by atoms with E-state index in [9.17, 15) is 9.59 Å². The number of nitrogens with one attached hydrogen (secondary N) is 2. The molecule has 0 heterocycles. The molecular formula is C22H26ClN3O3. The number of aryl methyl sites for hydroxylation is 1. The van der Waals surface area contributed by atoms with Gasteiger partial charge in [0.15, 0.2) is 0 Å². The third-order valence-electron chi connectivity index (χ3n) is 4.19. The van der Waals surface area contributed by atoms with Gasteiger partial charge in [-0.05, 0) is 63.1 Å². The molecular weight excluding hydrogens is 390 g/mol. The van der Waals surface area contributed by atoms with Crippen molar-refractivity contribution in [2.24, 2.45) is 5.10 Å². The number of carbonyl (C=O) groups excluding carboxylic acids is 2. The van der Waals surface area contributed by atoms with E-state index in [4.69, 9.17) is 16.3 Å². The fourth-order valence-corrected chi connectivity index (χ4v) is 2.72. The van der Waals surface area contributed by atoms with Gasteiger partial charge in [0.1, 0.15) is 5.75 Å². The van der Waals surface area contributed by atoms with Crippen LogP contribution in [0.1, 0.15) is 43.4 Å². The van der Waals surface area contributed by atoms with Crippen molar-refractivity contribution in [2.75, 3.05) is 5.32 Å². The number of carbonyl (C=O) groups is 2. The second-order valence-electron chi connectivity index (χ2n) is 6.94. The molecule has 7 heteroatoms. The first-order valence-electron chi connectivity index (χ1n) is 9.40. The molecule has 0 saturated heterocycles. The van der Waals surface area contributed by atoms with E-state index in [1.807, 2.05) is 45.9 Å². The first kappa shape index (κ1) is 22.4. The molecule has 2 N–H and O–H groups in total. The van der Waals surface area contributed by atoms with Gasteiger partial charge in [-0.2, -0.15) is 5.10 Å². The van der Waals surface area contributed by atoms with Gasteiger partial charge >= 0.3 is 0 Å². The van der Waals surface area contributed by atoms with Gasteiger partial charge in [0.25, 0.3) is 0 Å². The minimum Gasteiger partial charge on any atom is -0.490 e. The van der Waals surface area contributed by atoms with Crippen molar-refractivity contribution in [2.45, 2.75) is 46.6 Å². The van der Waals surface area contributed by atoms with Crippen LogP contribution in [0, 0.1) is 13.8 Å². The summed E-state index contributed by atoms with van der Waals surface area (Å²) in [6.07, 6.45) is 1.55. The second-order valence-corrected chi connectivity index (χ2v) is 7.37. The Labute approximate surface area is 176 Å². The fourth-order valence-electron chi connectivity index (χ4n) is 2.54. The highest BCUT2D eigenvalue weighted by atomic mass is 35.5. The van der Waals surface area contributed by atoms with Crippen molar-refractivity contribution < 1.29 is 14.3 Å². The van der Waals surface area contributed by atoms with Crippen molar-refractivity contribution in [1.29, 1.82) is 0 Å². The van der Waals surface area contributed by atoms with Gasteiger partial charge in [0, 0.05) is 29.1 Å². The predicted molar refractivity (Wildman–Crippen MR) is 117 cm³/mol. The number of ether oxygens (including phenoxy) is 1. The summed E-state index contributed by atoms with van der Waals surface area (Å²) in [5.41, 5.74) is 5.94. The maximum absolute atomic E-state index is 12.1. The van der Waals surface area contributed by atoms with Gasteiger partial charge < -0.3 is 10.1 Å².